The monoisotopic (exact) mass is 273 g/mol. The summed E-state index contributed by atoms with van der Waals surface area (Å²) in [6, 6.07) is 5.99. The Morgan fingerprint density at radius 2 is 2.15 bits per heavy atom. The molecule has 104 valence electrons. The number of carboxylic acids is 1. The molecule has 0 unspecified atom stereocenters. The Labute approximate surface area is 116 Å². The topological polar surface area (TPSA) is 84.2 Å². The molecule has 0 aliphatic carbocycles. The van der Waals surface area contributed by atoms with Crippen molar-refractivity contribution in [2.24, 2.45) is 0 Å². The zero-order valence-electron chi connectivity index (χ0n) is 11.2. The van der Waals surface area contributed by atoms with Crippen LogP contribution in [-0.4, -0.2) is 26.8 Å². The van der Waals surface area contributed by atoms with E-state index in [9.17, 15) is 9.59 Å². The third-order valence-electron chi connectivity index (χ3n) is 3.03. The van der Waals surface area contributed by atoms with Crippen molar-refractivity contribution in [1.82, 2.24) is 9.78 Å². The van der Waals surface area contributed by atoms with E-state index in [1.807, 2.05) is 0 Å². The highest BCUT2D eigenvalue weighted by molar-refractivity contribution is 5.95. The van der Waals surface area contributed by atoms with Crippen molar-refractivity contribution in [1.29, 1.82) is 0 Å². The number of aromatic nitrogens is 2. The summed E-state index contributed by atoms with van der Waals surface area (Å²) in [5, 5.41) is 15.7. The number of rotatable bonds is 4. The van der Waals surface area contributed by atoms with Gasteiger partial charge in [0.1, 0.15) is 6.04 Å². The van der Waals surface area contributed by atoms with Crippen molar-refractivity contribution in [2.45, 2.75) is 19.9 Å². The summed E-state index contributed by atoms with van der Waals surface area (Å²) in [5.74, 6) is -1.19. The van der Waals surface area contributed by atoms with Crippen molar-refractivity contribution in [3.63, 3.8) is 0 Å². The lowest BCUT2D eigenvalue weighted by Gasteiger charge is -2.13. The molecule has 1 atom stereocenters. The first-order valence-electron chi connectivity index (χ1n) is 6.13. The van der Waals surface area contributed by atoms with Gasteiger partial charge in [0, 0.05) is 18.1 Å². The maximum absolute atomic E-state index is 12.1. The standard InChI is InChI=1S/C14H15N3O3/c1-9-8-11(4-5-12(9)14(19)20)16-13(18)10(2)17-7-3-6-15-17/h3-8,10H,1-2H3,(H,16,18)(H,19,20)/t10-/m0/s1. The Hall–Kier alpha value is -2.63. The van der Waals surface area contributed by atoms with Gasteiger partial charge in [-0.1, -0.05) is 0 Å². The van der Waals surface area contributed by atoms with Crippen LogP contribution in [0.3, 0.4) is 0 Å². The molecule has 0 aliphatic rings. The fraction of sp³-hybridized carbons (Fsp3) is 0.214. The lowest BCUT2D eigenvalue weighted by Crippen LogP contribution is -2.24. The molecule has 0 bridgehead atoms. The lowest BCUT2D eigenvalue weighted by molar-refractivity contribution is -0.119. The fourth-order valence-electron chi connectivity index (χ4n) is 1.86. The van der Waals surface area contributed by atoms with Crippen LogP contribution in [0.1, 0.15) is 28.9 Å². The summed E-state index contributed by atoms with van der Waals surface area (Å²) in [6.45, 7) is 3.43. The average Bonchev–Trinajstić information content (AvgIpc) is 2.91. The average molecular weight is 273 g/mol. The van der Waals surface area contributed by atoms with Gasteiger partial charge in [-0.2, -0.15) is 5.10 Å². The number of carbonyl (C=O) groups excluding carboxylic acids is 1. The van der Waals surface area contributed by atoms with Crippen LogP contribution in [0.25, 0.3) is 0 Å². The van der Waals surface area contributed by atoms with Gasteiger partial charge in [0.25, 0.3) is 0 Å². The van der Waals surface area contributed by atoms with E-state index in [2.05, 4.69) is 10.4 Å². The zero-order valence-corrected chi connectivity index (χ0v) is 11.2. The van der Waals surface area contributed by atoms with Crippen LogP contribution in [0, 0.1) is 6.92 Å². The highest BCUT2D eigenvalue weighted by Crippen LogP contribution is 2.16. The number of carboxylic acid groups (broad SMARTS) is 1. The van der Waals surface area contributed by atoms with Crippen LogP contribution in [0.15, 0.2) is 36.7 Å². The van der Waals surface area contributed by atoms with E-state index in [0.717, 1.165) is 0 Å². The molecule has 1 aromatic carbocycles. The number of nitrogens with one attached hydrogen (secondary N) is 1. The lowest BCUT2D eigenvalue weighted by atomic mass is 10.1. The summed E-state index contributed by atoms with van der Waals surface area (Å²) in [7, 11) is 0. The molecular formula is C14H15N3O3. The predicted molar refractivity (Wildman–Crippen MR) is 73.7 cm³/mol. The molecule has 0 fully saturated rings. The SMILES string of the molecule is Cc1cc(NC(=O)[C@H](C)n2cccn2)ccc1C(=O)O. The highest BCUT2D eigenvalue weighted by Gasteiger charge is 2.15. The van der Waals surface area contributed by atoms with Crippen LogP contribution in [0.5, 0.6) is 0 Å². The molecule has 2 N–H and O–H groups in total. The van der Waals surface area contributed by atoms with Gasteiger partial charge in [-0.3, -0.25) is 9.48 Å². The number of hydrogen-bond donors (Lipinski definition) is 2. The second-order valence-corrected chi connectivity index (χ2v) is 4.49. The predicted octanol–water partition coefficient (Wildman–Crippen LogP) is 2.09. The normalized spacial score (nSPS) is 11.9. The van der Waals surface area contributed by atoms with Gasteiger partial charge in [0.15, 0.2) is 0 Å². The first kappa shape index (κ1) is 13.8. The van der Waals surface area contributed by atoms with Crippen molar-refractivity contribution >= 4 is 17.6 Å². The number of anilines is 1. The smallest absolute Gasteiger partial charge is 0.335 e. The summed E-state index contributed by atoms with van der Waals surface area (Å²) in [6.07, 6.45) is 3.32. The minimum absolute atomic E-state index is 0.212. The van der Waals surface area contributed by atoms with Gasteiger partial charge >= 0.3 is 5.97 Å². The number of amides is 1. The molecule has 2 aromatic rings. The molecular weight excluding hydrogens is 258 g/mol. The molecule has 20 heavy (non-hydrogen) atoms. The van der Waals surface area contributed by atoms with Crippen LogP contribution < -0.4 is 5.32 Å². The number of nitrogens with zero attached hydrogens (tertiary/aromatic N) is 2. The molecule has 0 aliphatic heterocycles. The third kappa shape index (κ3) is 2.85. The molecule has 6 heteroatoms. The van der Waals surface area contributed by atoms with Gasteiger partial charge in [0.2, 0.25) is 5.91 Å². The van der Waals surface area contributed by atoms with Gasteiger partial charge in [-0.25, -0.2) is 4.79 Å². The molecule has 0 saturated carbocycles. The number of aromatic carboxylic acids is 1. The largest absolute Gasteiger partial charge is 0.478 e. The molecule has 1 aromatic heterocycles. The number of hydrogen-bond acceptors (Lipinski definition) is 3. The molecule has 6 nitrogen and oxygen atoms in total. The van der Waals surface area contributed by atoms with Crippen molar-refractivity contribution in [2.75, 3.05) is 5.32 Å². The number of benzene rings is 1. The summed E-state index contributed by atoms with van der Waals surface area (Å²) in [4.78, 5) is 23.0. The maximum Gasteiger partial charge on any atom is 0.335 e. The minimum atomic E-state index is -0.981. The van der Waals surface area contributed by atoms with E-state index in [0.29, 0.717) is 11.3 Å². The fourth-order valence-corrected chi connectivity index (χ4v) is 1.86. The van der Waals surface area contributed by atoms with E-state index in [1.54, 1.807) is 49.1 Å². The van der Waals surface area contributed by atoms with Gasteiger partial charge in [0.05, 0.1) is 5.56 Å². The Morgan fingerprint density at radius 1 is 1.40 bits per heavy atom. The van der Waals surface area contributed by atoms with E-state index < -0.39 is 12.0 Å². The van der Waals surface area contributed by atoms with Gasteiger partial charge < -0.3 is 10.4 Å². The Bertz CT molecular complexity index is 635. The minimum Gasteiger partial charge on any atom is -0.478 e. The van der Waals surface area contributed by atoms with Crippen molar-refractivity contribution < 1.29 is 14.7 Å². The third-order valence-corrected chi connectivity index (χ3v) is 3.03. The summed E-state index contributed by atoms with van der Waals surface area (Å²) >= 11 is 0. The van der Waals surface area contributed by atoms with Crippen LogP contribution in [0.4, 0.5) is 5.69 Å². The van der Waals surface area contributed by atoms with Gasteiger partial charge in [-0.15, -0.1) is 0 Å². The van der Waals surface area contributed by atoms with E-state index in [4.69, 9.17) is 5.11 Å². The Morgan fingerprint density at radius 3 is 2.70 bits per heavy atom. The zero-order chi connectivity index (χ0) is 14.7. The maximum atomic E-state index is 12.1. The number of carbonyl (C=O) groups is 2. The molecule has 0 spiro atoms. The van der Waals surface area contributed by atoms with Crippen LogP contribution in [0.2, 0.25) is 0 Å². The summed E-state index contributed by atoms with van der Waals surface area (Å²) in [5.41, 5.74) is 1.39. The number of aryl methyl sites for hydroxylation is 1. The Kier molecular flexibility index (Phi) is 3.84. The highest BCUT2D eigenvalue weighted by atomic mass is 16.4. The second kappa shape index (κ2) is 5.56. The molecule has 1 amide bonds. The van der Waals surface area contributed by atoms with Crippen molar-refractivity contribution in [3.8, 4) is 0 Å². The second-order valence-electron chi connectivity index (χ2n) is 4.49. The van der Waals surface area contributed by atoms with Crippen molar-refractivity contribution in [3.05, 3.63) is 47.8 Å². The first-order chi connectivity index (χ1) is 9.49. The molecule has 2 rings (SSSR count). The van der Waals surface area contributed by atoms with E-state index >= 15 is 0 Å². The molecule has 1 heterocycles. The van der Waals surface area contributed by atoms with Crippen LogP contribution >= 0.6 is 0 Å². The Balaban J connectivity index is 2.12. The van der Waals surface area contributed by atoms with E-state index in [1.165, 1.54) is 6.07 Å². The summed E-state index contributed by atoms with van der Waals surface area (Å²) < 4.78 is 1.55. The van der Waals surface area contributed by atoms with Crippen LogP contribution in [-0.2, 0) is 4.79 Å². The molecule has 0 saturated heterocycles. The van der Waals surface area contributed by atoms with Gasteiger partial charge in [-0.05, 0) is 43.7 Å². The molecule has 0 radical (unpaired) electrons. The van der Waals surface area contributed by atoms with E-state index in [-0.39, 0.29) is 11.5 Å². The first-order valence-corrected chi connectivity index (χ1v) is 6.13. The quantitative estimate of drug-likeness (QED) is 0.893.